The number of carbonyl (C=O) groups is 1. The van der Waals surface area contributed by atoms with E-state index in [1.54, 1.807) is 12.1 Å². The third kappa shape index (κ3) is 4.35. The molecule has 2 aromatic carbocycles. The van der Waals surface area contributed by atoms with E-state index in [9.17, 15) is 4.79 Å². The average Bonchev–Trinajstić information content (AvgIpc) is 2.58. The Hall–Kier alpha value is -1.88. The molecule has 126 valence electrons. The molecule has 1 fully saturated rings. The maximum atomic E-state index is 12.4. The zero-order valence-electron chi connectivity index (χ0n) is 13.8. The van der Waals surface area contributed by atoms with Gasteiger partial charge in [0.15, 0.2) is 0 Å². The summed E-state index contributed by atoms with van der Waals surface area (Å²) in [6, 6.07) is 15.1. The third-order valence-electron chi connectivity index (χ3n) is 4.31. The van der Waals surface area contributed by atoms with E-state index in [4.69, 9.17) is 11.6 Å². The van der Waals surface area contributed by atoms with Gasteiger partial charge < -0.3 is 10.2 Å². The molecule has 0 saturated carbocycles. The number of nitrogens with zero attached hydrogens (tertiary/aromatic N) is 2. The van der Waals surface area contributed by atoms with Crippen molar-refractivity contribution in [3.8, 4) is 0 Å². The van der Waals surface area contributed by atoms with Crippen LogP contribution in [0.5, 0.6) is 0 Å². The van der Waals surface area contributed by atoms with E-state index in [2.05, 4.69) is 28.2 Å². The van der Waals surface area contributed by atoms with Gasteiger partial charge in [0, 0.05) is 38.4 Å². The quantitative estimate of drug-likeness (QED) is 0.924. The highest BCUT2D eigenvalue weighted by Gasteiger charge is 2.14. The van der Waals surface area contributed by atoms with Crippen LogP contribution in [0.3, 0.4) is 0 Å². The highest BCUT2D eigenvalue weighted by atomic mass is 35.5. The zero-order valence-corrected chi connectivity index (χ0v) is 14.6. The Morgan fingerprint density at radius 3 is 2.58 bits per heavy atom. The van der Waals surface area contributed by atoms with Crippen LogP contribution >= 0.6 is 11.6 Å². The van der Waals surface area contributed by atoms with Crippen LogP contribution < -0.4 is 5.32 Å². The minimum atomic E-state index is -0.183. The van der Waals surface area contributed by atoms with Crippen molar-refractivity contribution in [2.75, 3.05) is 38.5 Å². The first-order valence-corrected chi connectivity index (χ1v) is 8.55. The lowest BCUT2D eigenvalue weighted by molar-refractivity contribution is 0.102. The smallest absolute Gasteiger partial charge is 0.257 e. The van der Waals surface area contributed by atoms with E-state index in [1.165, 1.54) is 5.56 Å². The van der Waals surface area contributed by atoms with Gasteiger partial charge >= 0.3 is 0 Å². The molecule has 0 aliphatic carbocycles. The minimum Gasteiger partial charge on any atom is -0.322 e. The topological polar surface area (TPSA) is 35.6 Å². The first-order chi connectivity index (χ1) is 11.6. The normalized spacial score (nSPS) is 16.1. The van der Waals surface area contributed by atoms with Crippen molar-refractivity contribution in [2.24, 2.45) is 0 Å². The van der Waals surface area contributed by atoms with Crippen molar-refractivity contribution >= 4 is 23.2 Å². The summed E-state index contributed by atoms with van der Waals surface area (Å²) in [4.78, 5) is 17.1. The van der Waals surface area contributed by atoms with Crippen molar-refractivity contribution in [2.45, 2.75) is 6.54 Å². The van der Waals surface area contributed by atoms with E-state index in [0.717, 1.165) is 38.4 Å². The summed E-state index contributed by atoms with van der Waals surface area (Å²) < 4.78 is 0. The summed E-state index contributed by atoms with van der Waals surface area (Å²) in [6.07, 6.45) is 0. The van der Waals surface area contributed by atoms with Crippen LogP contribution in [0.1, 0.15) is 15.9 Å². The predicted octanol–water partition coefficient (Wildman–Crippen LogP) is 3.34. The Balaban J connectivity index is 1.65. The van der Waals surface area contributed by atoms with Gasteiger partial charge in [-0.2, -0.15) is 0 Å². The lowest BCUT2D eigenvalue weighted by Crippen LogP contribution is -2.43. The van der Waals surface area contributed by atoms with E-state index in [0.29, 0.717) is 10.6 Å². The highest BCUT2D eigenvalue weighted by Crippen LogP contribution is 2.18. The number of hydrogen-bond donors (Lipinski definition) is 1. The molecule has 1 amide bonds. The van der Waals surface area contributed by atoms with E-state index >= 15 is 0 Å². The number of nitrogens with one attached hydrogen (secondary N) is 1. The summed E-state index contributed by atoms with van der Waals surface area (Å²) in [5.74, 6) is -0.183. The van der Waals surface area contributed by atoms with Gasteiger partial charge in [-0.15, -0.1) is 0 Å². The second-order valence-corrected chi connectivity index (χ2v) is 6.62. The highest BCUT2D eigenvalue weighted by molar-refractivity contribution is 6.34. The van der Waals surface area contributed by atoms with Crippen LogP contribution in [0.4, 0.5) is 5.69 Å². The maximum absolute atomic E-state index is 12.4. The molecule has 0 unspecified atom stereocenters. The number of piperazine rings is 1. The maximum Gasteiger partial charge on any atom is 0.257 e. The van der Waals surface area contributed by atoms with Crippen LogP contribution in [-0.4, -0.2) is 48.9 Å². The largest absolute Gasteiger partial charge is 0.322 e. The molecular formula is C19H22ClN3O. The summed E-state index contributed by atoms with van der Waals surface area (Å²) in [7, 11) is 2.15. The second kappa shape index (κ2) is 7.79. The second-order valence-electron chi connectivity index (χ2n) is 6.21. The van der Waals surface area contributed by atoms with Crippen LogP contribution in [0.2, 0.25) is 5.02 Å². The molecule has 0 radical (unpaired) electrons. The Morgan fingerprint density at radius 1 is 1.08 bits per heavy atom. The lowest BCUT2D eigenvalue weighted by atomic mass is 10.1. The van der Waals surface area contributed by atoms with Gasteiger partial charge in [0.2, 0.25) is 0 Å². The molecule has 0 atom stereocenters. The fourth-order valence-electron chi connectivity index (χ4n) is 2.86. The summed E-state index contributed by atoms with van der Waals surface area (Å²) >= 11 is 6.09. The molecule has 1 aliphatic heterocycles. The van der Waals surface area contributed by atoms with Gasteiger partial charge in [-0.05, 0) is 36.9 Å². The van der Waals surface area contributed by atoms with Crippen molar-refractivity contribution < 1.29 is 4.79 Å². The predicted molar refractivity (Wildman–Crippen MR) is 98.6 cm³/mol. The molecule has 1 N–H and O–H groups in total. The van der Waals surface area contributed by atoms with Gasteiger partial charge in [0.1, 0.15) is 0 Å². The molecule has 0 aromatic heterocycles. The van der Waals surface area contributed by atoms with E-state index in [-0.39, 0.29) is 5.91 Å². The Bertz CT molecular complexity index is 711. The number of amides is 1. The van der Waals surface area contributed by atoms with Crippen LogP contribution in [0.25, 0.3) is 0 Å². The molecule has 1 heterocycles. The van der Waals surface area contributed by atoms with Crippen molar-refractivity contribution in [1.29, 1.82) is 0 Å². The van der Waals surface area contributed by atoms with Crippen LogP contribution in [-0.2, 0) is 6.54 Å². The van der Waals surface area contributed by atoms with E-state index < -0.39 is 0 Å². The van der Waals surface area contributed by atoms with Gasteiger partial charge in [-0.1, -0.05) is 35.9 Å². The SMILES string of the molecule is CN1CCN(Cc2cccc(NC(=O)c3ccccc3Cl)c2)CC1. The number of carbonyl (C=O) groups excluding carboxylic acids is 1. The molecule has 1 aliphatic rings. The van der Waals surface area contributed by atoms with Gasteiger partial charge in [-0.25, -0.2) is 0 Å². The van der Waals surface area contributed by atoms with Crippen molar-refractivity contribution in [3.05, 3.63) is 64.7 Å². The standard InChI is InChI=1S/C19H22ClN3O/c1-22-9-11-23(12-10-22)14-15-5-4-6-16(13-15)21-19(24)17-7-2-3-8-18(17)20/h2-8,13H,9-12,14H2,1H3,(H,21,24). The monoisotopic (exact) mass is 343 g/mol. The van der Waals surface area contributed by atoms with Crippen molar-refractivity contribution in [1.82, 2.24) is 9.80 Å². The lowest BCUT2D eigenvalue weighted by Gasteiger charge is -2.32. The number of halogens is 1. The number of anilines is 1. The van der Waals surface area contributed by atoms with Gasteiger partial charge in [0.05, 0.1) is 10.6 Å². The van der Waals surface area contributed by atoms with Gasteiger partial charge in [0.25, 0.3) is 5.91 Å². The molecule has 24 heavy (non-hydrogen) atoms. The molecule has 5 heteroatoms. The summed E-state index contributed by atoms with van der Waals surface area (Å²) in [5, 5.41) is 3.40. The summed E-state index contributed by atoms with van der Waals surface area (Å²) in [5.41, 5.74) is 2.49. The minimum absolute atomic E-state index is 0.183. The molecule has 0 bridgehead atoms. The fraction of sp³-hybridized carbons (Fsp3) is 0.316. The number of hydrogen-bond acceptors (Lipinski definition) is 3. The first-order valence-electron chi connectivity index (χ1n) is 8.17. The van der Waals surface area contributed by atoms with Gasteiger partial charge in [-0.3, -0.25) is 9.69 Å². The first kappa shape index (κ1) is 17.0. The summed E-state index contributed by atoms with van der Waals surface area (Å²) in [6.45, 7) is 5.26. The molecule has 3 rings (SSSR count). The molecule has 2 aromatic rings. The number of benzene rings is 2. The third-order valence-corrected chi connectivity index (χ3v) is 4.63. The van der Waals surface area contributed by atoms with Crippen LogP contribution in [0.15, 0.2) is 48.5 Å². The Kier molecular flexibility index (Phi) is 5.51. The Morgan fingerprint density at radius 2 is 1.83 bits per heavy atom. The zero-order chi connectivity index (χ0) is 16.9. The molecule has 4 nitrogen and oxygen atoms in total. The van der Waals surface area contributed by atoms with Crippen molar-refractivity contribution in [3.63, 3.8) is 0 Å². The number of rotatable bonds is 4. The molecule has 1 saturated heterocycles. The average molecular weight is 344 g/mol. The molecule has 0 spiro atoms. The van der Waals surface area contributed by atoms with E-state index in [1.807, 2.05) is 30.3 Å². The fourth-order valence-corrected chi connectivity index (χ4v) is 3.08. The van der Waals surface area contributed by atoms with Crippen LogP contribution in [0, 0.1) is 0 Å². The molecular weight excluding hydrogens is 322 g/mol. The Labute approximate surface area is 148 Å². The number of likely N-dealkylation sites (N-methyl/N-ethyl adjacent to an activating group) is 1.